The zero-order valence-corrected chi connectivity index (χ0v) is 11.1. The van der Waals surface area contributed by atoms with Crippen LogP contribution in [0, 0.1) is 5.41 Å². The van der Waals surface area contributed by atoms with Crippen LogP contribution in [0.2, 0.25) is 0 Å². The molecule has 1 aliphatic rings. The van der Waals surface area contributed by atoms with Crippen molar-refractivity contribution in [2.45, 2.75) is 19.8 Å². The number of aliphatic hydroxyl groups is 1. The van der Waals surface area contributed by atoms with Crippen molar-refractivity contribution in [1.29, 1.82) is 0 Å². The van der Waals surface area contributed by atoms with E-state index in [1.165, 1.54) is 5.69 Å². The molecule has 1 fully saturated rings. The Morgan fingerprint density at radius 1 is 1.22 bits per heavy atom. The van der Waals surface area contributed by atoms with E-state index in [4.69, 9.17) is 4.74 Å². The minimum Gasteiger partial charge on any atom is -0.396 e. The molecule has 1 N–H and O–H groups in total. The van der Waals surface area contributed by atoms with Crippen molar-refractivity contribution in [3.8, 4) is 0 Å². The van der Waals surface area contributed by atoms with Gasteiger partial charge in [0, 0.05) is 37.4 Å². The van der Waals surface area contributed by atoms with Gasteiger partial charge in [-0.25, -0.2) is 0 Å². The van der Waals surface area contributed by atoms with Gasteiger partial charge in [0.25, 0.3) is 0 Å². The van der Waals surface area contributed by atoms with E-state index >= 15 is 0 Å². The van der Waals surface area contributed by atoms with Gasteiger partial charge in [-0.3, -0.25) is 0 Å². The Labute approximate surface area is 109 Å². The Morgan fingerprint density at radius 2 is 1.89 bits per heavy atom. The second-order valence-electron chi connectivity index (χ2n) is 5.12. The van der Waals surface area contributed by atoms with Gasteiger partial charge in [0.05, 0.1) is 6.61 Å². The van der Waals surface area contributed by atoms with Gasteiger partial charge in [-0.2, -0.15) is 0 Å². The third-order valence-electron chi connectivity index (χ3n) is 3.92. The topological polar surface area (TPSA) is 32.7 Å². The van der Waals surface area contributed by atoms with Gasteiger partial charge in [-0.05, 0) is 31.9 Å². The molecule has 100 valence electrons. The molecule has 0 amide bonds. The fourth-order valence-electron chi connectivity index (χ4n) is 2.60. The molecule has 1 aromatic rings. The van der Waals surface area contributed by atoms with Crippen LogP contribution in [0.4, 0.5) is 5.69 Å². The summed E-state index contributed by atoms with van der Waals surface area (Å²) in [6, 6.07) is 10.4. The molecule has 1 aliphatic heterocycles. The first-order valence-corrected chi connectivity index (χ1v) is 6.78. The molecule has 0 atom stereocenters. The van der Waals surface area contributed by atoms with Crippen LogP contribution >= 0.6 is 0 Å². The van der Waals surface area contributed by atoms with E-state index in [-0.39, 0.29) is 12.0 Å². The van der Waals surface area contributed by atoms with Crippen LogP contribution in [-0.4, -0.2) is 38.0 Å². The van der Waals surface area contributed by atoms with E-state index in [1.54, 1.807) is 0 Å². The molecule has 3 heteroatoms. The van der Waals surface area contributed by atoms with Gasteiger partial charge < -0.3 is 14.7 Å². The van der Waals surface area contributed by atoms with E-state index in [1.807, 2.05) is 6.07 Å². The maximum Gasteiger partial charge on any atom is 0.0506 e. The van der Waals surface area contributed by atoms with Crippen LogP contribution in [0.3, 0.4) is 0 Å². The Kier molecular flexibility index (Phi) is 4.61. The Morgan fingerprint density at radius 3 is 2.44 bits per heavy atom. The highest BCUT2D eigenvalue weighted by Crippen LogP contribution is 2.32. The highest BCUT2D eigenvalue weighted by molar-refractivity contribution is 5.46. The number of rotatable bonds is 5. The normalized spacial score (nSPS) is 18.6. The van der Waals surface area contributed by atoms with Gasteiger partial charge in [0.1, 0.15) is 0 Å². The van der Waals surface area contributed by atoms with Crippen molar-refractivity contribution in [3.05, 3.63) is 30.3 Å². The van der Waals surface area contributed by atoms with Crippen LogP contribution in [0.15, 0.2) is 30.3 Å². The van der Waals surface area contributed by atoms with Gasteiger partial charge in [-0.15, -0.1) is 0 Å². The lowest BCUT2D eigenvalue weighted by Crippen LogP contribution is -2.44. The monoisotopic (exact) mass is 249 g/mol. The van der Waals surface area contributed by atoms with Crippen LogP contribution < -0.4 is 4.90 Å². The van der Waals surface area contributed by atoms with E-state index < -0.39 is 0 Å². The highest BCUT2D eigenvalue weighted by atomic mass is 16.5. The number of para-hydroxylation sites is 1. The van der Waals surface area contributed by atoms with E-state index in [0.717, 1.165) is 39.1 Å². The lowest BCUT2D eigenvalue weighted by molar-refractivity contribution is -0.0117. The minimum absolute atomic E-state index is 0.00407. The van der Waals surface area contributed by atoms with E-state index in [2.05, 4.69) is 36.1 Å². The molecule has 0 unspecified atom stereocenters. The van der Waals surface area contributed by atoms with Gasteiger partial charge in [-0.1, -0.05) is 18.2 Å². The number of benzene rings is 1. The van der Waals surface area contributed by atoms with Crippen molar-refractivity contribution >= 4 is 5.69 Å². The summed E-state index contributed by atoms with van der Waals surface area (Å²) in [6.45, 7) is 5.83. The number of ether oxygens (including phenoxy) is 1. The van der Waals surface area contributed by atoms with Crippen molar-refractivity contribution in [1.82, 2.24) is 0 Å². The molecule has 1 saturated heterocycles. The molecule has 0 aromatic heterocycles. The molecule has 1 heterocycles. The van der Waals surface area contributed by atoms with Crippen LogP contribution in [-0.2, 0) is 4.74 Å². The van der Waals surface area contributed by atoms with Crippen molar-refractivity contribution in [2.24, 2.45) is 5.41 Å². The molecule has 18 heavy (non-hydrogen) atoms. The Hall–Kier alpha value is -1.06. The number of nitrogens with zero attached hydrogens (tertiary/aromatic N) is 1. The standard InChI is InChI=1S/C15H23NO2/c1-2-16(14-6-4-3-5-7-14)12-15(13-17)8-10-18-11-9-15/h3-7,17H,2,8-13H2,1H3. The number of hydrogen-bond donors (Lipinski definition) is 1. The fraction of sp³-hybridized carbons (Fsp3) is 0.600. The first kappa shape index (κ1) is 13.4. The van der Waals surface area contributed by atoms with Crippen LogP contribution in [0.25, 0.3) is 0 Å². The molecule has 0 saturated carbocycles. The second kappa shape index (κ2) is 6.21. The summed E-state index contributed by atoms with van der Waals surface area (Å²) in [5.74, 6) is 0. The lowest BCUT2D eigenvalue weighted by atomic mass is 9.80. The van der Waals surface area contributed by atoms with E-state index in [0.29, 0.717) is 0 Å². The zero-order valence-electron chi connectivity index (χ0n) is 11.1. The molecule has 0 aliphatic carbocycles. The quantitative estimate of drug-likeness (QED) is 0.869. The smallest absolute Gasteiger partial charge is 0.0506 e. The third-order valence-corrected chi connectivity index (χ3v) is 3.92. The summed E-state index contributed by atoms with van der Waals surface area (Å²) in [5, 5.41) is 9.75. The zero-order chi connectivity index (χ0) is 12.8. The number of aliphatic hydroxyl groups excluding tert-OH is 1. The Balaban J connectivity index is 2.09. The molecule has 0 radical (unpaired) electrons. The summed E-state index contributed by atoms with van der Waals surface area (Å²) >= 11 is 0. The summed E-state index contributed by atoms with van der Waals surface area (Å²) in [6.07, 6.45) is 1.90. The summed E-state index contributed by atoms with van der Waals surface area (Å²) in [5.41, 5.74) is 1.24. The number of anilines is 1. The Bertz CT molecular complexity index is 347. The molecule has 0 spiro atoms. The minimum atomic E-state index is 0.00407. The highest BCUT2D eigenvalue weighted by Gasteiger charge is 2.33. The van der Waals surface area contributed by atoms with Crippen LogP contribution in [0.1, 0.15) is 19.8 Å². The fourth-order valence-corrected chi connectivity index (χ4v) is 2.60. The van der Waals surface area contributed by atoms with E-state index in [9.17, 15) is 5.11 Å². The molecular weight excluding hydrogens is 226 g/mol. The maximum absolute atomic E-state index is 9.75. The van der Waals surface area contributed by atoms with Gasteiger partial charge in [0.15, 0.2) is 0 Å². The van der Waals surface area contributed by atoms with Crippen molar-refractivity contribution < 1.29 is 9.84 Å². The SMILES string of the molecule is CCN(CC1(CO)CCOCC1)c1ccccc1. The van der Waals surface area contributed by atoms with Crippen molar-refractivity contribution in [2.75, 3.05) is 37.8 Å². The maximum atomic E-state index is 9.75. The largest absolute Gasteiger partial charge is 0.396 e. The summed E-state index contributed by atoms with van der Waals surface area (Å²) in [4.78, 5) is 2.35. The number of hydrogen-bond acceptors (Lipinski definition) is 3. The third kappa shape index (κ3) is 3.03. The van der Waals surface area contributed by atoms with Gasteiger partial charge >= 0.3 is 0 Å². The van der Waals surface area contributed by atoms with Crippen molar-refractivity contribution in [3.63, 3.8) is 0 Å². The average Bonchev–Trinajstić information content (AvgIpc) is 2.47. The molecule has 1 aromatic carbocycles. The second-order valence-corrected chi connectivity index (χ2v) is 5.12. The van der Waals surface area contributed by atoms with Crippen LogP contribution in [0.5, 0.6) is 0 Å². The van der Waals surface area contributed by atoms with Gasteiger partial charge in [0.2, 0.25) is 0 Å². The summed E-state index contributed by atoms with van der Waals surface area (Å²) < 4.78 is 5.42. The summed E-state index contributed by atoms with van der Waals surface area (Å²) in [7, 11) is 0. The predicted molar refractivity (Wildman–Crippen MR) is 73.9 cm³/mol. The molecule has 0 bridgehead atoms. The first-order chi connectivity index (χ1) is 8.79. The average molecular weight is 249 g/mol. The molecular formula is C15H23NO2. The first-order valence-electron chi connectivity index (χ1n) is 6.78. The molecule has 3 nitrogen and oxygen atoms in total. The predicted octanol–water partition coefficient (Wildman–Crippen LogP) is 2.30. The lowest BCUT2D eigenvalue weighted by Gasteiger charge is -2.40. The molecule has 2 rings (SSSR count).